The van der Waals surface area contributed by atoms with Gasteiger partial charge in [0.25, 0.3) is 0 Å². The van der Waals surface area contributed by atoms with Gasteiger partial charge >= 0.3 is 0 Å². The molecule has 162 valence electrons. The summed E-state index contributed by atoms with van der Waals surface area (Å²) in [4.78, 5) is 0. The third-order valence-corrected chi connectivity index (χ3v) is 9.76. The number of aliphatic hydroxyl groups is 1. The van der Waals surface area contributed by atoms with E-state index in [-0.39, 0.29) is 6.10 Å². The van der Waals surface area contributed by atoms with E-state index in [1.54, 1.807) is 16.7 Å². The fraction of sp³-hybridized carbons (Fsp3) is 0.786. The molecule has 0 aliphatic heterocycles. The second-order valence-electron chi connectivity index (χ2n) is 11.6. The predicted octanol–water partition coefficient (Wildman–Crippen LogP) is 7.00. The Hall–Kier alpha value is -0.820. The molecule has 1 aromatic carbocycles. The van der Waals surface area contributed by atoms with Gasteiger partial charge in [0.05, 0.1) is 6.10 Å². The van der Waals surface area contributed by atoms with Crippen LogP contribution in [-0.4, -0.2) is 11.2 Å². The molecule has 0 radical (unpaired) electrons. The highest BCUT2D eigenvalue weighted by Gasteiger charge is 2.51. The minimum Gasteiger partial charge on any atom is -0.393 e. The molecule has 0 spiro atoms. The molecular weight excluding hydrogens is 352 g/mol. The van der Waals surface area contributed by atoms with Gasteiger partial charge in [-0.25, -0.2) is 0 Å². The molecule has 1 heteroatoms. The Morgan fingerprint density at radius 1 is 1.03 bits per heavy atom. The zero-order chi connectivity index (χ0) is 20.9. The number of aryl methyl sites for hydroxylation is 1. The molecule has 0 saturated heterocycles. The van der Waals surface area contributed by atoms with Crippen molar-refractivity contribution >= 4 is 0 Å². The van der Waals surface area contributed by atoms with Gasteiger partial charge in [0.15, 0.2) is 0 Å². The van der Waals surface area contributed by atoms with E-state index in [2.05, 4.69) is 47.6 Å². The van der Waals surface area contributed by atoms with E-state index in [1.165, 1.54) is 49.7 Å². The first-order valence-corrected chi connectivity index (χ1v) is 12.5. The topological polar surface area (TPSA) is 20.2 Å². The molecule has 1 fully saturated rings. The number of benzene rings is 1. The SMILES string of the molecule is Cc1c2c(cc3c1CC[C@]1(C)[C@@H]([C@H](C)CC[C@H](C)C(C)C)CC[C@@H]31)CCC(O)C2. The largest absolute Gasteiger partial charge is 0.393 e. The lowest BCUT2D eigenvalue weighted by molar-refractivity contribution is 0.115. The van der Waals surface area contributed by atoms with Gasteiger partial charge in [-0.2, -0.15) is 0 Å². The van der Waals surface area contributed by atoms with Crippen LogP contribution in [-0.2, 0) is 19.3 Å². The summed E-state index contributed by atoms with van der Waals surface area (Å²) in [5, 5.41) is 10.2. The van der Waals surface area contributed by atoms with Crippen molar-refractivity contribution in [3.8, 4) is 0 Å². The molecule has 1 aromatic rings. The van der Waals surface area contributed by atoms with E-state index in [0.717, 1.165) is 48.9 Å². The van der Waals surface area contributed by atoms with Crippen LogP contribution in [0.1, 0.15) is 107 Å². The van der Waals surface area contributed by atoms with Crippen LogP contribution < -0.4 is 0 Å². The van der Waals surface area contributed by atoms with Crippen LogP contribution in [0.5, 0.6) is 0 Å². The summed E-state index contributed by atoms with van der Waals surface area (Å²) < 4.78 is 0. The molecule has 6 atom stereocenters. The van der Waals surface area contributed by atoms with Crippen molar-refractivity contribution in [3.63, 3.8) is 0 Å². The number of hydrogen-bond donors (Lipinski definition) is 1. The van der Waals surface area contributed by atoms with Gasteiger partial charge in [-0.1, -0.05) is 53.5 Å². The quantitative estimate of drug-likeness (QED) is 0.568. The molecule has 3 aliphatic rings. The van der Waals surface area contributed by atoms with Crippen molar-refractivity contribution in [3.05, 3.63) is 33.9 Å². The van der Waals surface area contributed by atoms with Crippen LogP contribution in [0, 0.1) is 36.0 Å². The second kappa shape index (κ2) is 8.03. The van der Waals surface area contributed by atoms with Crippen LogP contribution in [0.2, 0.25) is 0 Å². The fourth-order valence-electron chi connectivity index (χ4n) is 7.33. The highest BCUT2D eigenvalue weighted by molar-refractivity contribution is 5.50. The molecule has 1 nitrogen and oxygen atoms in total. The van der Waals surface area contributed by atoms with Gasteiger partial charge in [0.1, 0.15) is 0 Å². The Bertz CT molecular complexity index is 747. The Morgan fingerprint density at radius 3 is 2.52 bits per heavy atom. The maximum atomic E-state index is 10.2. The Balaban J connectivity index is 1.57. The summed E-state index contributed by atoms with van der Waals surface area (Å²) in [6.45, 7) is 14.7. The van der Waals surface area contributed by atoms with E-state index in [4.69, 9.17) is 0 Å². The van der Waals surface area contributed by atoms with Crippen LogP contribution in [0.4, 0.5) is 0 Å². The van der Waals surface area contributed by atoms with Crippen molar-refractivity contribution in [2.24, 2.45) is 29.1 Å². The molecule has 29 heavy (non-hydrogen) atoms. The van der Waals surface area contributed by atoms with Crippen molar-refractivity contribution in [1.29, 1.82) is 0 Å². The zero-order valence-electron chi connectivity index (χ0n) is 19.9. The highest BCUT2D eigenvalue weighted by Crippen LogP contribution is 2.61. The first-order chi connectivity index (χ1) is 13.7. The van der Waals surface area contributed by atoms with Crippen LogP contribution >= 0.6 is 0 Å². The summed E-state index contributed by atoms with van der Waals surface area (Å²) in [5.74, 6) is 4.15. The predicted molar refractivity (Wildman–Crippen MR) is 124 cm³/mol. The van der Waals surface area contributed by atoms with E-state index in [9.17, 15) is 5.11 Å². The Kier molecular flexibility index (Phi) is 5.93. The molecular formula is C28H44O. The minimum atomic E-state index is -0.127. The van der Waals surface area contributed by atoms with Crippen LogP contribution in [0.3, 0.4) is 0 Å². The lowest BCUT2D eigenvalue weighted by Gasteiger charge is -2.45. The van der Waals surface area contributed by atoms with Gasteiger partial charge in [-0.05, 0) is 115 Å². The van der Waals surface area contributed by atoms with Crippen molar-refractivity contribution in [1.82, 2.24) is 0 Å². The standard InChI is InChI=1S/C28H44O/c1-17(2)18(3)7-8-19(4)26-11-12-27-25-15-21-9-10-22(29)16-24(21)20(5)23(25)13-14-28(26,27)6/h15,17-19,22,26-27,29H,7-14,16H2,1-6H3/t18-,19+,22?,26+,27-,28+/m0/s1. The number of hydrogen-bond acceptors (Lipinski definition) is 1. The summed E-state index contributed by atoms with van der Waals surface area (Å²) in [7, 11) is 0. The van der Waals surface area contributed by atoms with Crippen molar-refractivity contribution < 1.29 is 5.11 Å². The Morgan fingerprint density at radius 2 is 1.79 bits per heavy atom. The number of fused-ring (bicyclic) bond motifs is 4. The molecule has 3 aliphatic carbocycles. The first kappa shape index (κ1) is 21.4. The van der Waals surface area contributed by atoms with Crippen molar-refractivity contribution in [2.75, 3.05) is 0 Å². The van der Waals surface area contributed by atoms with E-state index >= 15 is 0 Å². The molecule has 1 saturated carbocycles. The monoisotopic (exact) mass is 396 g/mol. The van der Waals surface area contributed by atoms with Gasteiger partial charge in [0.2, 0.25) is 0 Å². The summed E-state index contributed by atoms with van der Waals surface area (Å²) >= 11 is 0. The lowest BCUT2D eigenvalue weighted by Crippen LogP contribution is -2.36. The third kappa shape index (κ3) is 3.71. The zero-order valence-corrected chi connectivity index (χ0v) is 19.9. The van der Waals surface area contributed by atoms with E-state index in [1.807, 2.05) is 0 Å². The molecule has 0 amide bonds. The Labute approximate surface area is 179 Å². The molecule has 1 unspecified atom stereocenters. The summed E-state index contributed by atoms with van der Waals surface area (Å²) in [5.41, 5.74) is 8.41. The van der Waals surface area contributed by atoms with Crippen LogP contribution in [0.25, 0.3) is 0 Å². The summed E-state index contributed by atoms with van der Waals surface area (Å²) in [6.07, 6.45) is 11.0. The van der Waals surface area contributed by atoms with E-state index in [0.29, 0.717) is 5.41 Å². The molecule has 0 aromatic heterocycles. The summed E-state index contributed by atoms with van der Waals surface area (Å²) in [6, 6.07) is 2.60. The fourth-order valence-corrected chi connectivity index (χ4v) is 7.33. The van der Waals surface area contributed by atoms with Gasteiger partial charge < -0.3 is 5.11 Å². The van der Waals surface area contributed by atoms with Gasteiger partial charge in [-0.15, -0.1) is 0 Å². The molecule has 4 rings (SSSR count). The normalized spacial score (nSPS) is 33.2. The molecule has 0 heterocycles. The molecule has 1 N–H and O–H groups in total. The average molecular weight is 397 g/mol. The lowest BCUT2D eigenvalue weighted by atomic mass is 9.59. The molecule has 0 bridgehead atoms. The first-order valence-electron chi connectivity index (χ1n) is 12.5. The van der Waals surface area contributed by atoms with Gasteiger partial charge in [-0.3, -0.25) is 0 Å². The highest BCUT2D eigenvalue weighted by atomic mass is 16.3. The van der Waals surface area contributed by atoms with E-state index < -0.39 is 0 Å². The van der Waals surface area contributed by atoms with Gasteiger partial charge in [0, 0.05) is 0 Å². The smallest absolute Gasteiger partial charge is 0.0583 e. The maximum Gasteiger partial charge on any atom is 0.0583 e. The number of rotatable bonds is 5. The average Bonchev–Trinajstić information content (AvgIpc) is 3.04. The van der Waals surface area contributed by atoms with Crippen LogP contribution in [0.15, 0.2) is 6.07 Å². The number of aliphatic hydroxyl groups excluding tert-OH is 1. The third-order valence-electron chi connectivity index (χ3n) is 9.76. The van der Waals surface area contributed by atoms with Crippen molar-refractivity contribution in [2.45, 2.75) is 111 Å². The minimum absolute atomic E-state index is 0.127. The second-order valence-corrected chi connectivity index (χ2v) is 11.6. The maximum absolute atomic E-state index is 10.2.